The molecule has 20 heavy (non-hydrogen) atoms. The highest BCUT2D eigenvalue weighted by atomic mass is 32.1. The number of carbonyl (C=O) groups is 1. The zero-order valence-corrected chi connectivity index (χ0v) is 12.4. The number of thiocarbonyl (C=S) groups is 1. The molecule has 1 saturated carbocycles. The molecule has 108 valence electrons. The van der Waals surface area contributed by atoms with Crippen molar-refractivity contribution in [2.24, 2.45) is 5.73 Å². The van der Waals surface area contributed by atoms with E-state index in [9.17, 15) is 9.90 Å². The minimum absolute atomic E-state index is 0.0783. The quantitative estimate of drug-likeness (QED) is 0.832. The molecule has 1 aliphatic carbocycles. The number of aliphatic hydroxyl groups is 1. The topological polar surface area (TPSA) is 66.6 Å². The first-order valence-electron chi connectivity index (χ1n) is 6.86. The largest absolute Gasteiger partial charge is 0.391 e. The van der Waals surface area contributed by atoms with Crippen LogP contribution in [-0.4, -0.2) is 40.1 Å². The number of likely N-dealkylation sites (N-methyl/N-ethyl adjacent to an activating group) is 1. The van der Waals surface area contributed by atoms with Gasteiger partial charge in [0.05, 0.1) is 12.1 Å². The van der Waals surface area contributed by atoms with Crippen LogP contribution in [0.15, 0.2) is 24.3 Å². The summed E-state index contributed by atoms with van der Waals surface area (Å²) >= 11 is 4.89. The Labute approximate surface area is 124 Å². The minimum Gasteiger partial charge on any atom is -0.391 e. The second-order valence-electron chi connectivity index (χ2n) is 5.28. The van der Waals surface area contributed by atoms with Crippen LogP contribution in [0.2, 0.25) is 0 Å². The predicted molar refractivity (Wildman–Crippen MR) is 82.7 cm³/mol. The predicted octanol–water partition coefficient (Wildman–Crippen LogP) is 1.70. The lowest BCUT2D eigenvalue weighted by atomic mass is 9.91. The summed E-state index contributed by atoms with van der Waals surface area (Å²) in [5.41, 5.74) is 6.87. The van der Waals surface area contributed by atoms with Crippen LogP contribution < -0.4 is 5.73 Å². The average Bonchev–Trinajstić information content (AvgIpc) is 2.46. The van der Waals surface area contributed by atoms with E-state index in [4.69, 9.17) is 18.0 Å². The van der Waals surface area contributed by atoms with Gasteiger partial charge in [0.2, 0.25) is 0 Å². The van der Waals surface area contributed by atoms with Gasteiger partial charge < -0.3 is 15.7 Å². The van der Waals surface area contributed by atoms with Gasteiger partial charge in [-0.3, -0.25) is 4.79 Å². The fourth-order valence-corrected chi connectivity index (χ4v) is 2.81. The molecule has 1 fully saturated rings. The summed E-state index contributed by atoms with van der Waals surface area (Å²) in [4.78, 5) is 14.4. The molecule has 1 amide bonds. The number of carbonyl (C=O) groups excluding carboxylic acids is 1. The molecule has 2 unspecified atom stereocenters. The van der Waals surface area contributed by atoms with Gasteiger partial charge in [-0.15, -0.1) is 0 Å². The van der Waals surface area contributed by atoms with E-state index in [1.807, 2.05) is 0 Å². The summed E-state index contributed by atoms with van der Waals surface area (Å²) in [5.74, 6) is -0.0783. The molecule has 1 aromatic carbocycles. The molecule has 2 atom stereocenters. The molecule has 0 heterocycles. The molecular weight excluding hydrogens is 272 g/mol. The maximum Gasteiger partial charge on any atom is 0.253 e. The third-order valence-electron chi connectivity index (χ3n) is 3.93. The van der Waals surface area contributed by atoms with Gasteiger partial charge in [0.25, 0.3) is 5.91 Å². The Balaban J connectivity index is 2.11. The summed E-state index contributed by atoms with van der Waals surface area (Å²) in [5, 5.41) is 10.0. The Kier molecular flexibility index (Phi) is 4.73. The number of rotatable bonds is 3. The monoisotopic (exact) mass is 292 g/mol. The van der Waals surface area contributed by atoms with Gasteiger partial charge in [0.1, 0.15) is 4.99 Å². The van der Waals surface area contributed by atoms with Gasteiger partial charge >= 0.3 is 0 Å². The number of nitrogens with two attached hydrogens (primary N) is 1. The molecule has 0 aliphatic heterocycles. The third kappa shape index (κ3) is 3.16. The molecule has 0 bridgehead atoms. The smallest absolute Gasteiger partial charge is 0.253 e. The highest BCUT2D eigenvalue weighted by Crippen LogP contribution is 2.23. The van der Waals surface area contributed by atoms with Crippen molar-refractivity contribution in [2.45, 2.75) is 37.8 Å². The first-order chi connectivity index (χ1) is 9.50. The van der Waals surface area contributed by atoms with E-state index in [1.54, 1.807) is 36.2 Å². The molecule has 0 spiro atoms. The van der Waals surface area contributed by atoms with E-state index in [-0.39, 0.29) is 11.9 Å². The number of hydrogen-bond acceptors (Lipinski definition) is 3. The van der Waals surface area contributed by atoms with E-state index in [0.29, 0.717) is 10.6 Å². The van der Waals surface area contributed by atoms with Crippen molar-refractivity contribution >= 4 is 23.1 Å². The van der Waals surface area contributed by atoms with Gasteiger partial charge in [0.15, 0.2) is 0 Å². The minimum atomic E-state index is -0.423. The summed E-state index contributed by atoms with van der Waals surface area (Å²) < 4.78 is 0. The van der Waals surface area contributed by atoms with Crippen LogP contribution in [0.4, 0.5) is 0 Å². The molecule has 1 aliphatic rings. The second-order valence-corrected chi connectivity index (χ2v) is 5.72. The zero-order valence-electron chi connectivity index (χ0n) is 11.6. The van der Waals surface area contributed by atoms with Crippen molar-refractivity contribution in [2.75, 3.05) is 7.05 Å². The maximum absolute atomic E-state index is 12.4. The molecular formula is C15H20N2O2S. The van der Waals surface area contributed by atoms with Crippen LogP contribution in [0.25, 0.3) is 0 Å². The average molecular weight is 292 g/mol. The molecule has 5 heteroatoms. The molecule has 0 aromatic heterocycles. The van der Waals surface area contributed by atoms with Crippen LogP contribution in [0.3, 0.4) is 0 Å². The van der Waals surface area contributed by atoms with Crippen LogP contribution in [0.1, 0.15) is 41.6 Å². The van der Waals surface area contributed by atoms with Crippen LogP contribution in [-0.2, 0) is 0 Å². The van der Waals surface area contributed by atoms with Crippen molar-refractivity contribution < 1.29 is 9.90 Å². The van der Waals surface area contributed by atoms with Crippen LogP contribution >= 0.6 is 12.2 Å². The summed E-state index contributed by atoms with van der Waals surface area (Å²) in [7, 11) is 1.75. The van der Waals surface area contributed by atoms with Gasteiger partial charge in [-0.1, -0.05) is 37.2 Å². The van der Waals surface area contributed by atoms with Gasteiger partial charge in [-0.05, 0) is 25.0 Å². The van der Waals surface area contributed by atoms with E-state index >= 15 is 0 Å². The number of aliphatic hydroxyl groups excluding tert-OH is 1. The number of nitrogens with zero attached hydrogens (tertiary/aromatic N) is 1. The lowest BCUT2D eigenvalue weighted by Crippen LogP contribution is -2.46. The highest BCUT2D eigenvalue weighted by Gasteiger charge is 2.29. The van der Waals surface area contributed by atoms with Crippen molar-refractivity contribution in [3.05, 3.63) is 35.4 Å². The molecule has 0 radical (unpaired) electrons. The van der Waals surface area contributed by atoms with Crippen molar-refractivity contribution in [3.63, 3.8) is 0 Å². The maximum atomic E-state index is 12.4. The summed E-state index contributed by atoms with van der Waals surface area (Å²) in [6, 6.07) is 6.86. The molecule has 1 aromatic rings. The number of amides is 1. The summed E-state index contributed by atoms with van der Waals surface area (Å²) in [6.45, 7) is 0. The lowest BCUT2D eigenvalue weighted by Gasteiger charge is -2.35. The Morgan fingerprint density at radius 3 is 2.35 bits per heavy atom. The first kappa shape index (κ1) is 14.9. The Bertz CT molecular complexity index is 501. The standard InChI is InChI=1S/C15H20N2O2S/c1-17(12-4-2-3-5-13(12)18)15(19)11-8-6-10(7-9-11)14(16)20/h6-9,12-13,18H,2-5H2,1H3,(H2,16,20). The van der Waals surface area contributed by atoms with E-state index in [1.165, 1.54) is 0 Å². The number of hydrogen-bond donors (Lipinski definition) is 2. The van der Waals surface area contributed by atoms with E-state index in [0.717, 1.165) is 31.2 Å². The van der Waals surface area contributed by atoms with Gasteiger partial charge in [0, 0.05) is 18.2 Å². The van der Waals surface area contributed by atoms with Crippen molar-refractivity contribution in [1.82, 2.24) is 4.90 Å². The third-order valence-corrected chi connectivity index (χ3v) is 4.16. The highest BCUT2D eigenvalue weighted by molar-refractivity contribution is 7.80. The molecule has 2 rings (SSSR count). The Morgan fingerprint density at radius 2 is 1.80 bits per heavy atom. The van der Waals surface area contributed by atoms with Crippen molar-refractivity contribution in [1.29, 1.82) is 0 Å². The van der Waals surface area contributed by atoms with Crippen LogP contribution in [0.5, 0.6) is 0 Å². The molecule has 4 nitrogen and oxygen atoms in total. The summed E-state index contributed by atoms with van der Waals surface area (Å²) in [6.07, 6.45) is 3.28. The Hall–Kier alpha value is -1.46. The molecule has 0 saturated heterocycles. The lowest BCUT2D eigenvalue weighted by molar-refractivity contribution is 0.0268. The van der Waals surface area contributed by atoms with Crippen molar-refractivity contribution in [3.8, 4) is 0 Å². The molecule has 3 N–H and O–H groups in total. The van der Waals surface area contributed by atoms with Crippen LogP contribution in [0, 0.1) is 0 Å². The fourth-order valence-electron chi connectivity index (χ4n) is 2.67. The number of benzene rings is 1. The normalized spacial score (nSPS) is 22.3. The van der Waals surface area contributed by atoms with Gasteiger partial charge in [-0.2, -0.15) is 0 Å². The van der Waals surface area contributed by atoms with Gasteiger partial charge in [-0.25, -0.2) is 0 Å². The first-order valence-corrected chi connectivity index (χ1v) is 7.26. The Morgan fingerprint density at radius 1 is 1.25 bits per heavy atom. The second kappa shape index (κ2) is 6.33. The van der Waals surface area contributed by atoms with E-state index < -0.39 is 6.10 Å². The SMILES string of the molecule is CN(C(=O)c1ccc(C(N)=S)cc1)C1CCCCC1O. The fraction of sp³-hybridized carbons (Fsp3) is 0.467. The zero-order chi connectivity index (χ0) is 14.7. The van der Waals surface area contributed by atoms with E-state index in [2.05, 4.69) is 0 Å².